The number of ketones is 1. The van der Waals surface area contributed by atoms with Crippen LogP contribution in [0.3, 0.4) is 0 Å². The van der Waals surface area contributed by atoms with Crippen molar-refractivity contribution < 1.29 is 15.0 Å². The lowest BCUT2D eigenvalue weighted by Crippen LogP contribution is -2.56. The minimum Gasteiger partial charge on any atom is -0.396 e. The van der Waals surface area contributed by atoms with E-state index in [-0.39, 0.29) is 35.2 Å². The highest BCUT2D eigenvalue weighted by Gasteiger charge is 2.61. The van der Waals surface area contributed by atoms with Gasteiger partial charge in [-0.25, -0.2) is 0 Å². The fraction of sp³-hybridized carbons (Fsp3) is 0.773. The second-order valence-corrected chi connectivity index (χ2v) is 9.64. The van der Waals surface area contributed by atoms with Gasteiger partial charge in [0, 0.05) is 17.9 Å². The molecular weight excluding hydrogens is 312 g/mol. The fourth-order valence-corrected chi connectivity index (χ4v) is 7.43. The molecule has 0 aromatic carbocycles. The van der Waals surface area contributed by atoms with E-state index in [2.05, 4.69) is 26.8 Å². The summed E-state index contributed by atoms with van der Waals surface area (Å²) < 4.78 is 0. The Morgan fingerprint density at radius 3 is 2.76 bits per heavy atom. The lowest BCUT2D eigenvalue weighted by atomic mass is 9.46. The van der Waals surface area contributed by atoms with Gasteiger partial charge in [-0.15, -0.1) is 0 Å². The maximum absolute atomic E-state index is 11.8. The van der Waals surface area contributed by atoms with Gasteiger partial charge in [0.2, 0.25) is 0 Å². The lowest BCUT2D eigenvalue weighted by molar-refractivity contribution is -0.123. The molecule has 0 aliphatic heterocycles. The number of hydrogen-bond donors (Lipinski definition) is 2. The lowest BCUT2D eigenvalue weighted by Gasteiger charge is -2.59. The van der Waals surface area contributed by atoms with Gasteiger partial charge >= 0.3 is 0 Å². The molecule has 0 amide bonds. The third kappa shape index (κ3) is 2.35. The maximum atomic E-state index is 11.8. The molecule has 2 unspecified atom stereocenters. The van der Waals surface area contributed by atoms with E-state index in [1.54, 1.807) is 6.08 Å². The SMILES string of the molecule is CC(CO)[C@H]1CC[C@H]2[C@@H]3CCC4=CC(=O)C=C[C@]4(C)[C@H]3C(O)C[C@]12C. The molecule has 2 N–H and O–H groups in total. The molecule has 3 nitrogen and oxygen atoms in total. The molecule has 0 saturated heterocycles. The van der Waals surface area contributed by atoms with Crippen molar-refractivity contribution in [1.29, 1.82) is 0 Å². The zero-order valence-electron chi connectivity index (χ0n) is 15.7. The summed E-state index contributed by atoms with van der Waals surface area (Å²) >= 11 is 0. The van der Waals surface area contributed by atoms with Crippen molar-refractivity contribution in [3.63, 3.8) is 0 Å². The van der Waals surface area contributed by atoms with Gasteiger partial charge < -0.3 is 10.2 Å². The average molecular weight is 344 g/mol. The summed E-state index contributed by atoms with van der Waals surface area (Å²) in [4.78, 5) is 11.8. The minimum atomic E-state index is -0.329. The average Bonchev–Trinajstić information content (AvgIpc) is 2.91. The van der Waals surface area contributed by atoms with Crippen molar-refractivity contribution in [3.8, 4) is 0 Å². The largest absolute Gasteiger partial charge is 0.396 e. The highest BCUT2D eigenvalue weighted by Crippen LogP contribution is 2.66. The van der Waals surface area contributed by atoms with E-state index in [4.69, 9.17) is 0 Å². The predicted molar refractivity (Wildman–Crippen MR) is 97.7 cm³/mol. The smallest absolute Gasteiger partial charge is 0.178 e. The quantitative estimate of drug-likeness (QED) is 0.806. The molecule has 0 bridgehead atoms. The van der Waals surface area contributed by atoms with Gasteiger partial charge in [0.25, 0.3) is 0 Å². The molecule has 0 radical (unpaired) electrons. The summed E-state index contributed by atoms with van der Waals surface area (Å²) in [5.41, 5.74) is 1.19. The topological polar surface area (TPSA) is 57.5 Å². The number of fused-ring (bicyclic) bond motifs is 5. The third-order valence-electron chi connectivity index (χ3n) is 8.54. The van der Waals surface area contributed by atoms with Gasteiger partial charge in [-0.1, -0.05) is 32.4 Å². The molecule has 0 heterocycles. The van der Waals surface area contributed by atoms with E-state index in [1.807, 2.05) is 6.08 Å². The molecule has 4 rings (SSSR count). The second-order valence-electron chi connectivity index (χ2n) is 9.64. The van der Waals surface area contributed by atoms with E-state index in [0.29, 0.717) is 23.7 Å². The van der Waals surface area contributed by atoms with Crippen LogP contribution in [0.4, 0.5) is 0 Å². The molecular formula is C22H32O3. The van der Waals surface area contributed by atoms with Gasteiger partial charge in [-0.3, -0.25) is 4.79 Å². The molecule has 0 spiro atoms. The monoisotopic (exact) mass is 344 g/mol. The van der Waals surface area contributed by atoms with Crippen LogP contribution in [-0.2, 0) is 4.79 Å². The van der Waals surface area contributed by atoms with E-state index < -0.39 is 0 Å². The van der Waals surface area contributed by atoms with E-state index in [1.165, 1.54) is 18.4 Å². The van der Waals surface area contributed by atoms with Crippen molar-refractivity contribution in [2.45, 2.75) is 59.0 Å². The molecule has 3 fully saturated rings. The number of aliphatic hydroxyl groups is 2. The van der Waals surface area contributed by atoms with Gasteiger partial charge in [0.15, 0.2) is 5.78 Å². The third-order valence-corrected chi connectivity index (χ3v) is 8.54. The van der Waals surface area contributed by atoms with Crippen LogP contribution in [-0.4, -0.2) is 28.7 Å². The maximum Gasteiger partial charge on any atom is 0.178 e. The van der Waals surface area contributed by atoms with Crippen molar-refractivity contribution >= 4 is 5.78 Å². The van der Waals surface area contributed by atoms with Gasteiger partial charge in [0.05, 0.1) is 6.10 Å². The van der Waals surface area contributed by atoms with Crippen LogP contribution in [0, 0.1) is 40.4 Å². The molecule has 4 aliphatic rings. The normalized spacial score (nSPS) is 49.9. The van der Waals surface area contributed by atoms with Crippen LogP contribution in [0.15, 0.2) is 23.8 Å². The number of carbonyl (C=O) groups excluding carboxylic acids is 1. The summed E-state index contributed by atoms with van der Waals surface area (Å²) in [5.74, 6) is 2.28. The van der Waals surface area contributed by atoms with Crippen LogP contribution in [0.1, 0.15) is 52.9 Å². The van der Waals surface area contributed by atoms with Gasteiger partial charge in [-0.2, -0.15) is 0 Å². The van der Waals surface area contributed by atoms with Crippen molar-refractivity contribution in [2.75, 3.05) is 6.61 Å². The molecule has 8 atom stereocenters. The Kier molecular flexibility index (Phi) is 4.05. The molecule has 25 heavy (non-hydrogen) atoms. The first-order chi connectivity index (χ1) is 11.8. The highest BCUT2D eigenvalue weighted by molar-refractivity contribution is 6.01. The summed E-state index contributed by atoms with van der Waals surface area (Å²) in [6, 6.07) is 0. The Hall–Kier alpha value is -0.930. The molecule has 4 aliphatic carbocycles. The molecule has 0 aromatic rings. The number of carbonyl (C=O) groups is 1. The first-order valence-electron chi connectivity index (χ1n) is 10.0. The Morgan fingerprint density at radius 2 is 2.04 bits per heavy atom. The zero-order chi connectivity index (χ0) is 18.0. The number of rotatable bonds is 2. The second kappa shape index (κ2) is 5.79. The summed E-state index contributed by atoms with van der Waals surface area (Å²) in [6.45, 7) is 7.00. The Labute approximate surface area is 151 Å². The summed E-state index contributed by atoms with van der Waals surface area (Å²) in [5, 5.41) is 21.0. The first-order valence-corrected chi connectivity index (χ1v) is 10.0. The zero-order valence-corrected chi connectivity index (χ0v) is 15.7. The highest BCUT2D eigenvalue weighted by atomic mass is 16.3. The van der Waals surface area contributed by atoms with Gasteiger partial charge in [0.1, 0.15) is 0 Å². The summed E-state index contributed by atoms with van der Waals surface area (Å²) in [6.07, 6.45) is 10.6. The number of allylic oxidation sites excluding steroid dienone is 4. The van der Waals surface area contributed by atoms with E-state index >= 15 is 0 Å². The Bertz CT molecular complexity index is 635. The Morgan fingerprint density at radius 1 is 1.28 bits per heavy atom. The first kappa shape index (κ1) is 17.5. The van der Waals surface area contributed by atoms with E-state index in [0.717, 1.165) is 19.3 Å². The molecule has 3 heteroatoms. The molecule has 138 valence electrons. The van der Waals surface area contributed by atoms with Crippen LogP contribution in [0.2, 0.25) is 0 Å². The fourth-order valence-electron chi connectivity index (χ4n) is 7.43. The minimum absolute atomic E-state index is 0.0961. The van der Waals surface area contributed by atoms with Crippen LogP contribution in [0.25, 0.3) is 0 Å². The van der Waals surface area contributed by atoms with Crippen LogP contribution >= 0.6 is 0 Å². The summed E-state index contributed by atoms with van der Waals surface area (Å²) in [7, 11) is 0. The number of aliphatic hydroxyl groups excluding tert-OH is 2. The van der Waals surface area contributed by atoms with Crippen LogP contribution in [0.5, 0.6) is 0 Å². The standard InChI is InChI=1S/C22H32O3/c1-13(12-23)17-6-7-18-16-5-4-14-10-15(24)8-9-21(14,2)20(16)19(25)11-22(17,18)3/h8-10,13,16-20,23,25H,4-7,11-12H2,1-3H3/t13?,16-,17+,18-,19?,20+,21-,22+/m0/s1. The van der Waals surface area contributed by atoms with Gasteiger partial charge in [-0.05, 0) is 73.3 Å². The predicted octanol–water partition coefficient (Wildman–Crippen LogP) is 3.51. The Balaban J connectivity index is 1.70. The molecule has 0 aromatic heterocycles. The van der Waals surface area contributed by atoms with Crippen molar-refractivity contribution in [1.82, 2.24) is 0 Å². The number of hydrogen-bond acceptors (Lipinski definition) is 3. The van der Waals surface area contributed by atoms with Crippen molar-refractivity contribution in [3.05, 3.63) is 23.8 Å². The van der Waals surface area contributed by atoms with E-state index in [9.17, 15) is 15.0 Å². The molecule has 3 saturated carbocycles. The van der Waals surface area contributed by atoms with Crippen molar-refractivity contribution in [2.24, 2.45) is 40.4 Å². The van der Waals surface area contributed by atoms with Crippen LogP contribution < -0.4 is 0 Å².